The molecule has 0 saturated carbocycles. The number of nitrogens with one attached hydrogen (secondary N) is 1. The fourth-order valence-corrected chi connectivity index (χ4v) is 3.89. The lowest BCUT2D eigenvalue weighted by Gasteiger charge is -2.18. The van der Waals surface area contributed by atoms with Crippen molar-refractivity contribution in [2.45, 2.75) is 25.2 Å². The van der Waals surface area contributed by atoms with Crippen molar-refractivity contribution < 1.29 is 18.7 Å². The summed E-state index contributed by atoms with van der Waals surface area (Å²) in [5.74, 6) is 0.490. The zero-order valence-corrected chi connectivity index (χ0v) is 19.4. The monoisotopic (exact) mass is 468 g/mol. The Bertz CT molecular complexity index is 1170. The molecule has 0 aliphatic carbocycles. The van der Waals surface area contributed by atoms with Crippen LogP contribution in [0, 0.1) is 0 Å². The van der Waals surface area contributed by atoms with Crippen LogP contribution in [0.4, 0.5) is 0 Å². The van der Waals surface area contributed by atoms with Gasteiger partial charge in [0.25, 0.3) is 5.91 Å². The van der Waals surface area contributed by atoms with Crippen molar-refractivity contribution in [3.63, 3.8) is 0 Å². The molecule has 4 rings (SSSR count). The van der Waals surface area contributed by atoms with Gasteiger partial charge in [-0.25, -0.2) is 4.98 Å². The van der Waals surface area contributed by atoms with Crippen LogP contribution in [0.2, 0.25) is 0 Å². The second-order valence-corrected chi connectivity index (χ2v) is 8.16. The number of esters is 1. The van der Waals surface area contributed by atoms with Crippen LogP contribution >= 0.6 is 0 Å². The first-order chi connectivity index (χ1) is 17.2. The standard InChI is InChI=1S/C29H28N2O4/c32-27(30-19-18-25(22-10-4-1-5-11-22)23-12-6-2-7-13-23)21-34-29(33)17-16-28-31-20-26(35-28)24-14-8-3-9-15-24/h1-15,20,25H,16-19,21H2,(H,30,32). The van der Waals surface area contributed by atoms with Crippen molar-refractivity contribution in [3.05, 3.63) is 114 Å². The predicted octanol–water partition coefficient (Wildman–Crippen LogP) is 5.16. The molecule has 6 nitrogen and oxygen atoms in total. The SMILES string of the molecule is O=C(COC(=O)CCc1ncc(-c2ccccc2)o1)NCCC(c1ccccc1)c1ccccc1. The third-order valence-corrected chi connectivity index (χ3v) is 5.68. The third-order valence-electron chi connectivity index (χ3n) is 5.68. The number of hydrogen-bond acceptors (Lipinski definition) is 5. The first-order valence-electron chi connectivity index (χ1n) is 11.7. The Kier molecular flexibility index (Phi) is 8.43. The molecule has 0 spiro atoms. The van der Waals surface area contributed by atoms with E-state index in [9.17, 15) is 9.59 Å². The average Bonchev–Trinajstić information content (AvgIpc) is 3.39. The lowest BCUT2D eigenvalue weighted by atomic mass is 9.88. The molecule has 1 heterocycles. The molecule has 0 atom stereocenters. The number of hydrogen-bond donors (Lipinski definition) is 1. The van der Waals surface area contributed by atoms with Crippen LogP contribution in [0.25, 0.3) is 11.3 Å². The zero-order chi connectivity index (χ0) is 24.3. The molecule has 0 fully saturated rings. The molecular weight excluding hydrogens is 440 g/mol. The van der Waals surface area contributed by atoms with E-state index in [2.05, 4.69) is 34.6 Å². The molecule has 1 amide bonds. The molecule has 0 radical (unpaired) electrons. The number of ether oxygens (including phenoxy) is 1. The Balaban J connectivity index is 1.19. The molecule has 0 unspecified atom stereocenters. The summed E-state index contributed by atoms with van der Waals surface area (Å²) < 4.78 is 10.8. The highest BCUT2D eigenvalue weighted by molar-refractivity contribution is 5.80. The lowest BCUT2D eigenvalue weighted by molar-refractivity contribution is -0.148. The molecule has 4 aromatic rings. The van der Waals surface area contributed by atoms with E-state index in [0.717, 1.165) is 12.0 Å². The molecule has 35 heavy (non-hydrogen) atoms. The van der Waals surface area contributed by atoms with Gasteiger partial charge in [0.15, 0.2) is 18.3 Å². The maximum absolute atomic E-state index is 12.2. The van der Waals surface area contributed by atoms with Crippen molar-refractivity contribution in [3.8, 4) is 11.3 Å². The molecule has 0 bridgehead atoms. The van der Waals surface area contributed by atoms with Crippen molar-refractivity contribution in [2.24, 2.45) is 0 Å². The first-order valence-corrected chi connectivity index (χ1v) is 11.7. The minimum absolute atomic E-state index is 0.0894. The summed E-state index contributed by atoms with van der Waals surface area (Å²) in [7, 11) is 0. The molecular formula is C29H28N2O4. The second-order valence-electron chi connectivity index (χ2n) is 8.16. The molecule has 0 aliphatic heterocycles. The van der Waals surface area contributed by atoms with Crippen LogP contribution < -0.4 is 5.32 Å². The number of oxazole rings is 1. The van der Waals surface area contributed by atoms with E-state index in [4.69, 9.17) is 9.15 Å². The topological polar surface area (TPSA) is 81.4 Å². The van der Waals surface area contributed by atoms with Gasteiger partial charge in [0.2, 0.25) is 0 Å². The Labute approximate surface area is 205 Å². The van der Waals surface area contributed by atoms with Gasteiger partial charge in [0.05, 0.1) is 12.6 Å². The van der Waals surface area contributed by atoms with Crippen molar-refractivity contribution in [1.29, 1.82) is 0 Å². The average molecular weight is 469 g/mol. The van der Waals surface area contributed by atoms with Crippen molar-refractivity contribution in [1.82, 2.24) is 10.3 Å². The number of rotatable bonds is 11. The van der Waals surface area contributed by atoms with Gasteiger partial charge in [-0.2, -0.15) is 0 Å². The molecule has 6 heteroatoms. The number of carbonyl (C=O) groups is 2. The quantitative estimate of drug-likeness (QED) is 0.308. The van der Waals surface area contributed by atoms with Gasteiger partial charge < -0.3 is 14.5 Å². The number of amides is 1. The minimum atomic E-state index is -0.467. The normalized spacial score (nSPS) is 10.8. The number of carbonyl (C=O) groups excluding carboxylic acids is 2. The first kappa shape index (κ1) is 24.0. The Morgan fingerprint density at radius 1 is 0.857 bits per heavy atom. The summed E-state index contributed by atoms with van der Waals surface area (Å²) in [6.45, 7) is 0.171. The van der Waals surface area contributed by atoms with Crippen molar-refractivity contribution in [2.75, 3.05) is 13.2 Å². The van der Waals surface area contributed by atoms with E-state index in [0.29, 0.717) is 24.6 Å². The van der Waals surface area contributed by atoms with Gasteiger partial charge in [-0.3, -0.25) is 9.59 Å². The Hall–Kier alpha value is -4.19. The number of aryl methyl sites for hydroxylation is 1. The smallest absolute Gasteiger partial charge is 0.306 e. The fraction of sp³-hybridized carbons (Fsp3) is 0.207. The summed E-state index contributed by atoms with van der Waals surface area (Å²) in [4.78, 5) is 28.5. The summed E-state index contributed by atoms with van der Waals surface area (Å²) in [6, 6.07) is 30.1. The maximum atomic E-state index is 12.2. The van der Waals surface area contributed by atoms with Gasteiger partial charge >= 0.3 is 5.97 Å². The number of nitrogens with zero attached hydrogens (tertiary/aromatic N) is 1. The summed E-state index contributed by atoms with van der Waals surface area (Å²) in [5.41, 5.74) is 3.31. The van der Waals surface area contributed by atoms with Crippen LogP contribution in [-0.4, -0.2) is 30.0 Å². The van der Waals surface area contributed by atoms with Gasteiger partial charge in [-0.05, 0) is 17.5 Å². The molecule has 1 N–H and O–H groups in total. The molecule has 0 aliphatic rings. The van der Waals surface area contributed by atoms with Crippen LogP contribution in [0.15, 0.2) is 102 Å². The third kappa shape index (κ3) is 7.14. The maximum Gasteiger partial charge on any atom is 0.306 e. The summed E-state index contributed by atoms with van der Waals surface area (Å²) in [6.07, 6.45) is 2.78. The molecule has 0 saturated heterocycles. The van der Waals surface area contributed by atoms with Gasteiger partial charge in [-0.1, -0.05) is 91.0 Å². The number of benzene rings is 3. The van der Waals surface area contributed by atoms with Gasteiger partial charge in [0, 0.05) is 24.4 Å². The predicted molar refractivity (Wildman–Crippen MR) is 134 cm³/mol. The van der Waals surface area contributed by atoms with Crippen LogP contribution in [0.3, 0.4) is 0 Å². The van der Waals surface area contributed by atoms with E-state index < -0.39 is 5.97 Å². The lowest BCUT2D eigenvalue weighted by Crippen LogP contribution is -2.30. The van der Waals surface area contributed by atoms with E-state index in [1.165, 1.54) is 11.1 Å². The van der Waals surface area contributed by atoms with E-state index in [-0.39, 0.29) is 24.9 Å². The Morgan fingerprint density at radius 2 is 1.46 bits per heavy atom. The van der Waals surface area contributed by atoms with Crippen LogP contribution in [0.5, 0.6) is 0 Å². The largest absolute Gasteiger partial charge is 0.456 e. The minimum Gasteiger partial charge on any atom is -0.456 e. The second kappa shape index (κ2) is 12.3. The molecule has 178 valence electrons. The van der Waals surface area contributed by atoms with Crippen LogP contribution in [-0.2, 0) is 20.7 Å². The number of aromatic nitrogens is 1. The molecule has 1 aromatic heterocycles. The highest BCUT2D eigenvalue weighted by atomic mass is 16.5. The van der Waals surface area contributed by atoms with E-state index in [1.807, 2.05) is 66.7 Å². The zero-order valence-electron chi connectivity index (χ0n) is 19.4. The highest BCUT2D eigenvalue weighted by Crippen LogP contribution is 2.27. The van der Waals surface area contributed by atoms with Crippen molar-refractivity contribution >= 4 is 11.9 Å². The molecule has 3 aromatic carbocycles. The van der Waals surface area contributed by atoms with E-state index >= 15 is 0 Å². The van der Waals surface area contributed by atoms with Crippen LogP contribution in [0.1, 0.15) is 35.8 Å². The van der Waals surface area contributed by atoms with E-state index in [1.54, 1.807) is 6.20 Å². The summed E-state index contributed by atoms with van der Waals surface area (Å²) >= 11 is 0. The van der Waals surface area contributed by atoms with Gasteiger partial charge in [0.1, 0.15) is 0 Å². The highest BCUT2D eigenvalue weighted by Gasteiger charge is 2.15. The fourth-order valence-electron chi connectivity index (χ4n) is 3.89. The Morgan fingerprint density at radius 3 is 2.09 bits per heavy atom. The summed E-state index contributed by atoms with van der Waals surface area (Å²) in [5, 5.41) is 2.86. The van der Waals surface area contributed by atoms with Gasteiger partial charge in [-0.15, -0.1) is 0 Å².